The maximum absolute atomic E-state index is 14.7. The van der Waals surface area contributed by atoms with Crippen LogP contribution >= 0.6 is 0 Å². The van der Waals surface area contributed by atoms with Gasteiger partial charge in [-0.1, -0.05) is 88.7 Å². The number of ether oxygens (including phenoxy) is 4. The second-order valence-corrected chi connectivity index (χ2v) is 23.1. The fraction of sp³-hybridized carbons (Fsp3) is 0.531. The number of nitrogens with zero attached hydrogens (tertiary/aromatic N) is 4. The Kier molecular flexibility index (Phi) is 25.7. The molecule has 21 nitrogen and oxygen atoms in total. The number of carbonyl (C=O) groups excluding carboxylic acids is 10. The van der Waals surface area contributed by atoms with E-state index in [2.05, 4.69) is 16.0 Å². The molecule has 6 atom stereocenters. The van der Waals surface area contributed by atoms with Crippen molar-refractivity contribution in [1.82, 2.24) is 30.2 Å². The number of benzene rings is 3. The number of Topliss-reactive ketones (excluding diaryl/α,β-unsaturated/α-hetero) is 1. The Hall–Kier alpha value is -8.10. The average molecular weight is 1180 g/mol. The number of methoxy groups -OCH3 is 2. The van der Waals surface area contributed by atoms with Gasteiger partial charge in [0.25, 0.3) is 5.91 Å². The predicted molar refractivity (Wildman–Crippen MR) is 319 cm³/mol. The van der Waals surface area contributed by atoms with E-state index in [1.165, 1.54) is 74.9 Å². The number of hydrogen-bond acceptors (Lipinski definition) is 14. The predicted octanol–water partition coefficient (Wildman–Crippen LogP) is 6.17. The van der Waals surface area contributed by atoms with E-state index in [0.717, 1.165) is 17.2 Å². The zero-order valence-corrected chi connectivity index (χ0v) is 51.2. The summed E-state index contributed by atoms with van der Waals surface area (Å²) in [7, 11) is 7.53. The maximum Gasteiger partial charge on any atom is 0.330 e. The molecule has 1 saturated heterocycles. The number of aryl methyl sites for hydroxylation is 1. The highest BCUT2D eigenvalue weighted by molar-refractivity contribution is 6.38. The summed E-state index contributed by atoms with van der Waals surface area (Å²) in [5.74, 6) is -6.05. The number of nitrogens with one attached hydrogen (secondary N) is 3. The molecule has 462 valence electrons. The van der Waals surface area contributed by atoms with Gasteiger partial charge in [0.2, 0.25) is 41.2 Å². The summed E-state index contributed by atoms with van der Waals surface area (Å²) in [6.07, 6.45) is 4.01. The van der Waals surface area contributed by atoms with E-state index in [4.69, 9.17) is 18.9 Å². The van der Waals surface area contributed by atoms with E-state index < -0.39 is 114 Å². The molecule has 21 heteroatoms. The summed E-state index contributed by atoms with van der Waals surface area (Å²) < 4.78 is 22.7. The minimum atomic E-state index is -1.50. The molecule has 0 saturated carbocycles. The fourth-order valence-corrected chi connectivity index (χ4v) is 10.3. The van der Waals surface area contributed by atoms with Crippen LogP contribution < -0.4 is 25.4 Å². The number of carbonyl (C=O) groups is 10. The maximum atomic E-state index is 14.7. The first-order valence-electron chi connectivity index (χ1n) is 29.3. The van der Waals surface area contributed by atoms with Crippen molar-refractivity contribution >= 4 is 64.8 Å². The molecule has 0 aromatic heterocycles. The van der Waals surface area contributed by atoms with E-state index >= 15 is 0 Å². The Balaban J connectivity index is 1.48. The zero-order chi connectivity index (χ0) is 62.5. The lowest BCUT2D eigenvalue weighted by Crippen LogP contribution is -2.59. The molecule has 5 rings (SSSR count). The van der Waals surface area contributed by atoms with Gasteiger partial charge in [0, 0.05) is 65.3 Å². The number of hydrogen-bond donors (Lipinski definition) is 3. The number of esters is 2. The molecular weight excluding hydrogens is 1090 g/mol. The molecule has 1 fully saturated rings. The molecule has 2 heterocycles. The van der Waals surface area contributed by atoms with Gasteiger partial charge >= 0.3 is 11.9 Å². The molecule has 7 amide bonds. The van der Waals surface area contributed by atoms with Crippen molar-refractivity contribution in [3.8, 4) is 11.5 Å². The Bertz CT molecular complexity index is 2870. The summed E-state index contributed by atoms with van der Waals surface area (Å²) in [4.78, 5) is 145. The second-order valence-electron chi connectivity index (χ2n) is 23.1. The van der Waals surface area contributed by atoms with E-state index in [1.807, 2.05) is 51.1 Å². The Morgan fingerprint density at radius 2 is 1.48 bits per heavy atom. The summed E-state index contributed by atoms with van der Waals surface area (Å²) >= 11 is 0. The van der Waals surface area contributed by atoms with Crippen molar-refractivity contribution in [3.63, 3.8) is 0 Å². The van der Waals surface area contributed by atoms with Gasteiger partial charge in [-0.15, -0.1) is 0 Å². The molecule has 0 radical (unpaired) electrons. The largest absolute Gasteiger partial charge is 0.493 e. The van der Waals surface area contributed by atoms with Gasteiger partial charge in [-0.3, -0.25) is 38.4 Å². The van der Waals surface area contributed by atoms with Crippen LogP contribution in [0.25, 0.3) is 0 Å². The average Bonchev–Trinajstić information content (AvgIpc) is 3.30. The second kappa shape index (κ2) is 32.3. The highest BCUT2D eigenvalue weighted by Gasteiger charge is 2.43. The number of cyclic esters (lactones) is 2. The number of likely N-dealkylation sites (N-methyl/N-ethyl adjacent to an activating group) is 3. The van der Waals surface area contributed by atoms with Gasteiger partial charge in [0.15, 0.2) is 11.5 Å². The number of piperidine rings is 1. The quantitative estimate of drug-likeness (QED) is 0.143. The van der Waals surface area contributed by atoms with Crippen LogP contribution in [-0.4, -0.2) is 164 Å². The lowest BCUT2D eigenvalue weighted by atomic mass is 9.87. The topological polar surface area (TPSA) is 257 Å². The SMILES string of the molecule is CC[C@H](C)[C@H]1C(=O)NCC(=O)N(C)CCC=CC(=O)OCC(C)(C)C(=O)C(=O)N2CCCC[C@H]2C(=O)O[C@H](CCc2ccc(OC)c(OC)c2)c2cccc(c2)NC(=O)CCC(=O)N(C)[C@@H](CC(C)C)C(=O)N[C@H](Cc2ccccc2)C(=O)N1C. The van der Waals surface area contributed by atoms with Crippen molar-refractivity contribution in [3.05, 3.63) is 102 Å². The number of rotatable bonds is 11. The van der Waals surface area contributed by atoms with Gasteiger partial charge in [-0.05, 0) is 112 Å². The Morgan fingerprint density at radius 3 is 2.16 bits per heavy atom. The Morgan fingerprint density at radius 1 is 0.765 bits per heavy atom. The minimum Gasteiger partial charge on any atom is -0.493 e. The lowest BCUT2D eigenvalue weighted by molar-refractivity contribution is -0.165. The van der Waals surface area contributed by atoms with E-state index in [9.17, 15) is 47.9 Å². The molecule has 0 unspecified atom stereocenters. The first-order chi connectivity index (χ1) is 40.4. The highest BCUT2D eigenvalue weighted by atomic mass is 16.5. The summed E-state index contributed by atoms with van der Waals surface area (Å²) in [6, 6.07) is 16.8. The molecule has 3 aromatic rings. The van der Waals surface area contributed by atoms with E-state index in [0.29, 0.717) is 48.4 Å². The smallest absolute Gasteiger partial charge is 0.330 e. The number of ketones is 1. The normalized spacial score (nSPS) is 22.4. The van der Waals surface area contributed by atoms with Crippen LogP contribution in [0.15, 0.2) is 84.9 Å². The van der Waals surface area contributed by atoms with E-state index in [1.54, 1.807) is 49.4 Å². The van der Waals surface area contributed by atoms with Crippen molar-refractivity contribution in [2.24, 2.45) is 17.3 Å². The third-order valence-electron chi connectivity index (χ3n) is 15.6. The van der Waals surface area contributed by atoms with Crippen molar-refractivity contribution in [1.29, 1.82) is 0 Å². The number of amides is 7. The third-order valence-corrected chi connectivity index (χ3v) is 15.6. The molecule has 2 bridgehead atoms. The van der Waals surface area contributed by atoms with Crippen LogP contribution in [0.4, 0.5) is 5.69 Å². The molecule has 3 aromatic carbocycles. The minimum absolute atomic E-state index is 0.0480. The van der Waals surface area contributed by atoms with Crippen LogP contribution in [0.2, 0.25) is 0 Å². The molecule has 85 heavy (non-hydrogen) atoms. The highest BCUT2D eigenvalue weighted by Crippen LogP contribution is 2.33. The first kappa shape index (κ1) is 67.7. The van der Waals surface area contributed by atoms with Gasteiger partial charge in [-0.25, -0.2) is 9.59 Å². The molecule has 0 aliphatic carbocycles. The molecular formula is C64H87N7O14. The molecule has 3 N–H and O–H groups in total. The summed E-state index contributed by atoms with van der Waals surface area (Å²) in [6.45, 7) is 9.77. The van der Waals surface area contributed by atoms with Gasteiger partial charge in [-0.2, -0.15) is 0 Å². The van der Waals surface area contributed by atoms with Crippen LogP contribution in [0, 0.1) is 17.3 Å². The van der Waals surface area contributed by atoms with Crippen LogP contribution in [0.5, 0.6) is 11.5 Å². The Labute approximate surface area is 499 Å². The van der Waals surface area contributed by atoms with Crippen molar-refractivity contribution in [2.45, 2.75) is 142 Å². The van der Waals surface area contributed by atoms with Crippen LogP contribution in [-0.2, 0) is 70.3 Å². The van der Waals surface area contributed by atoms with Crippen molar-refractivity contribution < 1.29 is 66.9 Å². The first-order valence-corrected chi connectivity index (χ1v) is 29.3. The zero-order valence-electron chi connectivity index (χ0n) is 51.2. The van der Waals surface area contributed by atoms with Crippen LogP contribution in [0.1, 0.15) is 122 Å². The molecule has 2 aliphatic rings. The monoisotopic (exact) mass is 1180 g/mol. The third kappa shape index (κ3) is 19.5. The fourth-order valence-electron chi connectivity index (χ4n) is 10.3. The van der Waals surface area contributed by atoms with E-state index in [-0.39, 0.29) is 64.0 Å². The number of fused-ring (bicyclic) bond motifs is 3. The van der Waals surface area contributed by atoms with Gasteiger partial charge in [0.05, 0.1) is 26.2 Å². The number of anilines is 1. The summed E-state index contributed by atoms with van der Waals surface area (Å²) in [5, 5.41) is 8.47. The summed E-state index contributed by atoms with van der Waals surface area (Å²) in [5.41, 5.74) is 0.895. The molecule has 0 spiro atoms. The lowest BCUT2D eigenvalue weighted by Gasteiger charge is -2.36. The van der Waals surface area contributed by atoms with Gasteiger partial charge in [0.1, 0.15) is 36.9 Å². The van der Waals surface area contributed by atoms with Crippen molar-refractivity contribution in [2.75, 3.05) is 66.9 Å². The standard InChI is InChI=1S/C64H87N7O14/c1-12-42(4)57-60(78)65-39-55(74)68(7)33-18-17-26-56(75)84-40-64(5,6)58(76)62(80)71-34-19-16-25-48(71)63(81)85-50(29-27-44-28-30-51(82-10)52(37-44)83-11)45-23-20-24-46(38-45)66-53(72)31-32-54(73)69(8)49(35-41(2)3)59(77)67-47(61(79)70(57)9)36-43-21-14-13-15-22-43/h13-15,17,20-24,26,28,30,37-38,41-42,47-50,57H,12,16,18-19,25,27,29,31-36,39-40H2,1-11H3,(H,65,78)(H,66,72)(H,67,77)/t42-,47+,48-,49-,50+,57-/m0/s1. The van der Waals surface area contributed by atoms with Crippen LogP contribution in [0.3, 0.4) is 0 Å². The molecule has 2 aliphatic heterocycles. The van der Waals surface area contributed by atoms with Gasteiger partial charge < -0.3 is 54.5 Å².